The first-order chi connectivity index (χ1) is 10.1. The van der Waals surface area contributed by atoms with E-state index in [4.69, 9.17) is 11.6 Å². The number of rotatable bonds is 5. The molecule has 116 valence electrons. The summed E-state index contributed by atoms with van der Waals surface area (Å²) in [5.41, 5.74) is 1.70. The molecule has 21 heavy (non-hydrogen) atoms. The quantitative estimate of drug-likeness (QED) is 0.797. The summed E-state index contributed by atoms with van der Waals surface area (Å²) in [4.78, 5) is 11.5. The summed E-state index contributed by atoms with van der Waals surface area (Å²) in [7, 11) is 0. The molecular formula is C17H25ClN2O. The van der Waals surface area contributed by atoms with Gasteiger partial charge in [-0.2, -0.15) is 0 Å². The zero-order chi connectivity index (χ0) is 15.2. The van der Waals surface area contributed by atoms with E-state index in [9.17, 15) is 4.79 Å². The average molecular weight is 309 g/mol. The Hall–Kier alpha value is -1.22. The number of benzene rings is 1. The van der Waals surface area contributed by atoms with E-state index in [0.29, 0.717) is 23.4 Å². The van der Waals surface area contributed by atoms with Crippen molar-refractivity contribution in [2.45, 2.75) is 58.4 Å². The number of carbonyl (C=O) groups excluding carboxylic acids is 1. The Balaban J connectivity index is 2.03. The van der Waals surface area contributed by atoms with Crippen LogP contribution in [0.3, 0.4) is 0 Å². The fraction of sp³-hybridized carbons (Fsp3) is 0.588. The maximum Gasteiger partial charge on any atom is 0.224 e. The fourth-order valence-corrected chi connectivity index (χ4v) is 3.13. The monoisotopic (exact) mass is 308 g/mol. The third-order valence-electron chi connectivity index (χ3n) is 4.31. The smallest absolute Gasteiger partial charge is 0.224 e. The van der Waals surface area contributed by atoms with Crippen LogP contribution in [0.2, 0.25) is 5.02 Å². The van der Waals surface area contributed by atoms with Crippen LogP contribution < -0.4 is 10.6 Å². The normalized spacial score (nSPS) is 17.3. The van der Waals surface area contributed by atoms with Gasteiger partial charge in [0.15, 0.2) is 0 Å². The number of hydrogen-bond acceptors (Lipinski definition) is 2. The lowest BCUT2D eigenvalue weighted by atomic mass is 9.84. The second-order valence-electron chi connectivity index (χ2n) is 5.93. The third kappa shape index (κ3) is 4.63. The summed E-state index contributed by atoms with van der Waals surface area (Å²) >= 11 is 6.27. The van der Waals surface area contributed by atoms with E-state index >= 15 is 0 Å². The average Bonchev–Trinajstić information content (AvgIpc) is 2.51. The van der Waals surface area contributed by atoms with Gasteiger partial charge in [-0.25, -0.2) is 0 Å². The minimum absolute atomic E-state index is 0.0172. The van der Waals surface area contributed by atoms with Gasteiger partial charge in [-0.3, -0.25) is 4.79 Å². The molecule has 1 aliphatic carbocycles. The first kappa shape index (κ1) is 16.2. The molecule has 1 unspecified atom stereocenters. The molecule has 2 rings (SSSR count). The fourth-order valence-electron chi connectivity index (χ4n) is 2.96. The number of halogens is 1. The minimum atomic E-state index is 0.0172. The number of nitrogens with one attached hydrogen (secondary N) is 2. The van der Waals surface area contributed by atoms with E-state index in [1.54, 1.807) is 0 Å². The van der Waals surface area contributed by atoms with Gasteiger partial charge < -0.3 is 10.6 Å². The van der Waals surface area contributed by atoms with Crippen molar-refractivity contribution in [2.24, 2.45) is 5.92 Å². The summed E-state index contributed by atoms with van der Waals surface area (Å²) < 4.78 is 0. The second kappa shape index (κ2) is 7.69. The van der Waals surface area contributed by atoms with Gasteiger partial charge >= 0.3 is 0 Å². The van der Waals surface area contributed by atoms with Gasteiger partial charge in [0.05, 0.1) is 10.7 Å². The molecule has 3 nitrogen and oxygen atoms in total. The molecule has 1 amide bonds. The SMILES string of the molecule is CCC(=O)Nc1ccc(Cl)c(NC(C)C2CCCCC2)c1. The van der Waals surface area contributed by atoms with Crippen LogP contribution in [0.4, 0.5) is 11.4 Å². The molecule has 2 N–H and O–H groups in total. The second-order valence-corrected chi connectivity index (χ2v) is 6.33. The molecule has 0 aliphatic heterocycles. The zero-order valence-electron chi connectivity index (χ0n) is 12.9. The molecule has 0 radical (unpaired) electrons. The largest absolute Gasteiger partial charge is 0.381 e. The summed E-state index contributed by atoms with van der Waals surface area (Å²) in [6.07, 6.45) is 7.08. The van der Waals surface area contributed by atoms with Crippen LogP contribution in [0.1, 0.15) is 52.4 Å². The van der Waals surface area contributed by atoms with Gasteiger partial charge in [0.25, 0.3) is 0 Å². The lowest BCUT2D eigenvalue weighted by molar-refractivity contribution is -0.115. The van der Waals surface area contributed by atoms with Crippen molar-refractivity contribution in [1.29, 1.82) is 0 Å². The van der Waals surface area contributed by atoms with E-state index in [2.05, 4.69) is 17.6 Å². The van der Waals surface area contributed by atoms with Crippen LogP contribution in [0.25, 0.3) is 0 Å². The summed E-state index contributed by atoms with van der Waals surface area (Å²) in [6, 6.07) is 6.00. The van der Waals surface area contributed by atoms with Gasteiger partial charge in [-0.1, -0.05) is 37.8 Å². The maximum atomic E-state index is 11.5. The first-order valence-electron chi connectivity index (χ1n) is 7.96. The molecule has 0 bridgehead atoms. The van der Waals surface area contributed by atoms with Crippen molar-refractivity contribution in [2.75, 3.05) is 10.6 Å². The van der Waals surface area contributed by atoms with Crippen LogP contribution in [-0.4, -0.2) is 11.9 Å². The molecule has 1 saturated carbocycles. The van der Waals surface area contributed by atoms with Crippen LogP contribution in [0, 0.1) is 5.92 Å². The summed E-state index contributed by atoms with van der Waals surface area (Å²) in [5.74, 6) is 0.729. The molecule has 1 aromatic rings. The topological polar surface area (TPSA) is 41.1 Å². The van der Waals surface area contributed by atoms with Gasteiger partial charge in [0.2, 0.25) is 5.91 Å². The van der Waals surface area contributed by atoms with Gasteiger partial charge in [0.1, 0.15) is 0 Å². The number of carbonyl (C=O) groups is 1. The third-order valence-corrected chi connectivity index (χ3v) is 4.64. The zero-order valence-corrected chi connectivity index (χ0v) is 13.7. The van der Waals surface area contributed by atoms with Crippen LogP contribution >= 0.6 is 11.6 Å². The molecule has 1 aromatic carbocycles. The standard InChI is InChI=1S/C17H25ClN2O/c1-3-17(21)20-14-9-10-15(18)16(11-14)19-12(2)13-7-5-4-6-8-13/h9-13,19H,3-8H2,1-2H3,(H,20,21). The van der Waals surface area contributed by atoms with Crippen molar-refractivity contribution < 1.29 is 4.79 Å². The molecular weight excluding hydrogens is 284 g/mol. The van der Waals surface area contributed by atoms with E-state index in [-0.39, 0.29) is 5.91 Å². The summed E-state index contributed by atoms with van der Waals surface area (Å²) in [5, 5.41) is 7.10. The van der Waals surface area contributed by atoms with Crippen molar-refractivity contribution in [3.05, 3.63) is 23.2 Å². The summed E-state index contributed by atoms with van der Waals surface area (Å²) in [6.45, 7) is 4.07. The Morgan fingerprint density at radius 1 is 1.33 bits per heavy atom. The molecule has 4 heteroatoms. The van der Waals surface area contributed by atoms with Crippen LogP contribution in [0.5, 0.6) is 0 Å². The first-order valence-corrected chi connectivity index (χ1v) is 8.34. The van der Waals surface area contributed by atoms with Crippen LogP contribution in [-0.2, 0) is 4.79 Å². The van der Waals surface area contributed by atoms with E-state index in [1.165, 1.54) is 32.1 Å². The van der Waals surface area contributed by atoms with Gasteiger partial charge in [-0.05, 0) is 43.9 Å². The Kier molecular flexibility index (Phi) is 5.92. The number of anilines is 2. The Morgan fingerprint density at radius 2 is 2.05 bits per heavy atom. The van der Waals surface area contributed by atoms with Crippen molar-refractivity contribution >= 4 is 28.9 Å². The Bertz CT molecular complexity index is 484. The molecule has 0 saturated heterocycles. The Labute approximate surface area is 132 Å². The highest BCUT2D eigenvalue weighted by molar-refractivity contribution is 6.33. The Morgan fingerprint density at radius 3 is 2.71 bits per heavy atom. The highest BCUT2D eigenvalue weighted by Crippen LogP contribution is 2.31. The number of hydrogen-bond donors (Lipinski definition) is 2. The molecule has 1 atom stereocenters. The molecule has 1 aliphatic rings. The predicted molar refractivity (Wildman–Crippen MR) is 90.0 cm³/mol. The lowest BCUT2D eigenvalue weighted by Crippen LogP contribution is -2.27. The highest BCUT2D eigenvalue weighted by atomic mass is 35.5. The van der Waals surface area contributed by atoms with Crippen molar-refractivity contribution in [3.63, 3.8) is 0 Å². The van der Waals surface area contributed by atoms with Gasteiger partial charge in [0, 0.05) is 18.2 Å². The lowest BCUT2D eigenvalue weighted by Gasteiger charge is -2.29. The minimum Gasteiger partial charge on any atom is -0.381 e. The molecule has 1 fully saturated rings. The number of amides is 1. The highest BCUT2D eigenvalue weighted by Gasteiger charge is 2.20. The van der Waals surface area contributed by atoms with E-state index in [0.717, 1.165) is 11.4 Å². The van der Waals surface area contributed by atoms with E-state index in [1.807, 2.05) is 25.1 Å². The molecule has 0 spiro atoms. The van der Waals surface area contributed by atoms with Crippen molar-refractivity contribution in [3.8, 4) is 0 Å². The van der Waals surface area contributed by atoms with Crippen molar-refractivity contribution in [1.82, 2.24) is 0 Å². The van der Waals surface area contributed by atoms with E-state index < -0.39 is 0 Å². The maximum absolute atomic E-state index is 11.5. The molecule has 0 aromatic heterocycles. The molecule has 0 heterocycles. The van der Waals surface area contributed by atoms with Gasteiger partial charge in [-0.15, -0.1) is 0 Å². The van der Waals surface area contributed by atoms with Crippen LogP contribution in [0.15, 0.2) is 18.2 Å². The predicted octanol–water partition coefficient (Wildman–Crippen LogP) is 5.07.